The molecule has 0 bridgehead atoms. The van der Waals surface area contributed by atoms with Crippen LogP contribution in [0.15, 0.2) is 6.20 Å². The number of alkyl halides is 2. The number of hydrogen-bond donors (Lipinski definition) is 1. The molecule has 1 aromatic heterocycles. The van der Waals surface area contributed by atoms with Crippen LogP contribution in [-0.2, 0) is 6.54 Å². The van der Waals surface area contributed by atoms with Crippen molar-refractivity contribution in [2.24, 2.45) is 0 Å². The number of nitrogens with zero attached hydrogens (tertiary/aromatic N) is 3. The second-order valence-electron chi connectivity index (χ2n) is 5.52. The lowest BCUT2D eigenvalue weighted by atomic mass is 10.2. The van der Waals surface area contributed by atoms with Gasteiger partial charge in [-0.2, -0.15) is 0 Å². The fraction of sp³-hybridized carbons (Fsp3) is 0.714. The third-order valence-corrected chi connectivity index (χ3v) is 2.88. The first kappa shape index (κ1) is 16.8. The maximum Gasteiger partial charge on any atom is 0.255 e. The second-order valence-corrected chi connectivity index (χ2v) is 5.52. The Labute approximate surface area is 119 Å². The lowest BCUT2D eigenvalue weighted by molar-refractivity contribution is 0.156. The van der Waals surface area contributed by atoms with Crippen molar-refractivity contribution in [2.75, 3.05) is 18.5 Å². The fourth-order valence-electron chi connectivity index (χ4n) is 1.76. The molecular formula is C14H24F2N4. The standard InChI is InChI=1S/C14H24F2N4/c1-9(2)14-18-7-12(20(5)8-13(15)16)11(19-14)6-17-10(3)4/h7,9-10,13,17H,6,8H2,1-5H3. The molecule has 0 unspecified atom stereocenters. The molecule has 0 amide bonds. The van der Waals surface area contributed by atoms with Crippen LogP contribution in [0.3, 0.4) is 0 Å². The van der Waals surface area contributed by atoms with Gasteiger partial charge in [-0.3, -0.25) is 0 Å². The molecular weight excluding hydrogens is 262 g/mol. The molecule has 0 atom stereocenters. The second kappa shape index (κ2) is 7.47. The summed E-state index contributed by atoms with van der Waals surface area (Å²) < 4.78 is 25.1. The van der Waals surface area contributed by atoms with Crippen molar-refractivity contribution in [3.8, 4) is 0 Å². The largest absolute Gasteiger partial charge is 0.366 e. The Balaban J connectivity index is 3.01. The van der Waals surface area contributed by atoms with Crippen LogP contribution in [0.2, 0.25) is 0 Å². The quantitative estimate of drug-likeness (QED) is 0.837. The molecule has 0 fully saturated rings. The molecule has 0 saturated carbocycles. The maximum atomic E-state index is 12.5. The van der Waals surface area contributed by atoms with Gasteiger partial charge in [0.2, 0.25) is 0 Å². The molecule has 0 spiro atoms. The molecule has 1 aromatic rings. The first-order valence-electron chi connectivity index (χ1n) is 6.89. The van der Waals surface area contributed by atoms with E-state index in [0.717, 1.165) is 11.5 Å². The van der Waals surface area contributed by atoms with Gasteiger partial charge in [-0.15, -0.1) is 0 Å². The predicted molar refractivity (Wildman–Crippen MR) is 77.4 cm³/mol. The van der Waals surface area contributed by atoms with Gasteiger partial charge >= 0.3 is 0 Å². The Morgan fingerprint density at radius 1 is 1.25 bits per heavy atom. The number of anilines is 1. The fourth-order valence-corrected chi connectivity index (χ4v) is 1.76. The van der Waals surface area contributed by atoms with Crippen molar-refractivity contribution < 1.29 is 8.78 Å². The number of rotatable bonds is 7. The van der Waals surface area contributed by atoms with Gasteiger partial charge in [0.1, 0.15) is 5.82 Å². The minimum atomic E-state index is -2.38. The van der Waals surface area contributed by atoms with Gasteiger partial charge in [0.05, 0.1) is 24.1 Å². The summed E-state index contributed by atoms with van der Waals surface area (Å²) >= 11 is 0. The normalized spacial score (nSPS) is 11.7. The van der Waals surface area contributed by atoms with E-state index in [4.69, 9.17) is 0 Å². The zero-order valence-electron chi connectivity index (χ0n) is 12.8. The number of hydrogen-bond acceptors (Lipinski definition) is 4. The Kier molecular flexibility index (Phi) is 6.26. The highest BCUT2D eigenvalue weighted by molar-refractivity contribution is 5.48. The van der Waals surface area contributed by atoms with E-state index in [1.807, 2.05) is 27.7 Å². The average Bonchev–Trinajstić information content (AvgIpc) is 2.34. The van der Waals surface area contributed by atoms with E-state index in [0.29, 0.717) is 18.3 Å². The van der Waals surface area contributed by atoms with E-state index in [1.165, 1.54) is 4.90 Å². The van der Waals surface area contributed by atoms with E-state index >= 15 is 0 Å². The summed E-state index contributed by atoms with van der Waals surface area (Å²) in [4.78, 5) is 10.3. The molecule has 6 heteroatoms. The summed E-state index contributed by atoms with van der Waals surface area (Å²) in [5.41, 5.74) is 1.42. The molecule has 0 aliphatic rings. The number of aromatic nitrogens is 2. The van der Waals surface area contributed by atoms with Gasteiger partial charge in [-0.1, -0.05) is 27.7 Å². The van der Waals surface area contributed by atoms with Gasteiger partial charge in [-0.25, -0.2) is 18.7 Å². The van der Waals surface area contributed by atoms with Gasteiger partial charge in [-0.05, 0) is 0 Å². The Bertz CT molecular complexity index is 422. The van der Waals surface area contributed by atoms with Crippen LogP contribution in [-0.4, -0.2) is 36.0 Å². The molecule has 4 nitrogen and oxygen atoms in total. The Hall–Kier alpha value is -1.30. The third-order valence-electron chi connectivity index (χ3n) is 2.88. The summed E-state index contributed by atoms with van der Waals surface area (Å²) in [5.74, 6) is 0.946. The molecule has 0 radical (unpaired) electrons. The predicted octanol–water partition coefficient (Wildman–Crippen LogP) is 2.80. The van der Waals surface area contributed by atoms with Crippen molar-refractivity contribution in [3.05, 3.63) is 17.7 Å². The molecule has 0 aliphatic carbocycles. The van der Waals surface area contributed by atoms with Crippen LogP contribution in [0.4, 0.5) is 14.5 Å². The molecule has 20 heavy (non-hydrogen) atoms. The average molecular weight is 286 g/mol. The van der Waals surface area contributed by atoms with Crippen molar-refractivity contribution >= 4 is 5.69 Å². The first-order chi connectivity index (χ1) is 9.31. The van der Waals surface area contributed by atoms with E-state index in [-0.39, 0.29) is 12.5 Å². The highest BCUT2D eigenvalue weighted by atomic mass is 19.3. The number of halogens is 2. The molecule has 0 saturated heterocycles. The van der Waals surface area contributed by atoms with E-state index in [1.54, 1.807) is 13.2 Å². The van der Waals surface area contributed by atoms with Gasteiger partial charge in [0.15, 0.2) is 0 Å². The van der Waals surface area contributed by atoms with E-state index in [9.17, 15) is 8.78 Å². The highest BCUT2D eigenvalue weighted by Crippen LogP contribution is 2.20. The first-order valence-corrected chi connectivity index (χ1v) is 6.89. The molecule has 0 aliphatic heterocycles. The lowest BCUT2D eigenvalue weighted by Gasteiger charge is -2.22. The summed E-state index contributed by atoms with van der Waals surface area (Å²) in [6, 6.07) is 0.306. The van der Waals surface area contributed by atoms with Crippen LogP contribution in [0, 0.1) is 0 Å². The molecule has 1 N–H and O–H groups in total. The molecule has 1 heterocycles. The zero-order valence-corrected chi connectivity index (χ0v) is 12.8. The van der Waals surface area contributed by atoms with Crippen LogP contribution in [0.5, 0.6) is 0 Å². The van der Waals surface area contributed by atoms with E-state index in [2.05, 4.69) is 15.3 Å². The summed E-state index contributed by atoms with van der Waals surface area (Å²) in [6.07, 6.45) is -0.738. The van der Waals surface area contributed by atoms with Crippen molar-refractivity contribution in [2.45, 2.75) is 52.6 Å². The minimum absolute atomic E-state index is 0.210. The molecule has 0 aromatic carbocycles. The van der Waals surface area contributed by atoms with Crippen molar-refractivity contribution in [1.29, 1.82) is 0 Å². The highest BCUT2D eigenvalue weighted by Gasteiger charge is 2.16. The molecule has 1 rings (SSSR count). The van der Waals surface area contributed by atoms with Crippen LogP contribution >= 0.6 is 0 Å². The van der Waals surface area contributed by atoms with Crippen molar-refractivity contribution in [1.82, 2.24) is 15.3 Å². The minimum Gasteiger partial charge on any atom is -0.366 e. The Morgan fingerprint density at radius 3 is 2.40 bits per heavy atom. The number of nitrogens with one attached hydrogen (secondary N) is 1. The van der Waals surface area contributed by atoms with Gasteiger partial charge < -0.3 is 10.2 Å². The van der Waals surface area contributed by atoms with Crippen molar-refractivity contribution in [3.63, 3.8) is 0 Å². The lowest BCUT2D eigenvalue weighted by Crippen LogP contribution is -2.29. The Morgan fingerprint density at radius 2 is 1.90 bits per heavy atom. The monoisotopic (exact) mass is 286 g/mol. The van der Waals surface area contributed by atoms with Crippen LogP contribution in [0.1, 0.15) is 45.1 Å². The van der Waals surface area contributed by atoms with Gasteiger partial charge in [0, 0.05) is 25.6 Å². The SMILES string of the molecule is CC(C)NCc1nc(C(C)C)ncc1N(C)CC(F)F. The summed E-state index contributed by atoms with van der Waals surface area (Å²) in [5, 5.41) is 3.27. The van der Waals surface area contributed by atoms with Crippen LogP contribution < -0.4 is 10.2 Å². The summed E-state index contributed by atoms with van der Waals surface area (Å²) in [7, 11) is 1.64. The maximum absolute atomic E-state index is 12.5. The van der Waals surface area contributed by atoms with Gasteiger partial charge in [0.25, 0.3) is 6.43 Å². The molecule has 114 valence electrons. The van der Waals surface area contributed by atoms with Crippen LogP contribution in [0.25, 0.3) is 0 Å². The zero-order chi connectivity index (χ0) is 15.3. The van der Waals surface area contributed by atoms with E-state index < -0.39 is 6.43 Å². The smallest absolute Gasteiger partial charge is 0.255 e. The third kappa shape index (κ3) is 5.00. The summed E-state index contributed by atoms with van der Waals surface area (Å²) in [6.45, 7) is 8.32. The topological polar surface area (TPSA) is 41.1 Å².